The van der Waals surface area contributed by atoms with Gasteiger partial charge in [0.05, 0.1) is 16.2 Å². The molecule has 0 bridgehead atoms. The fourth-order valence-corrected chi connectivity index (χ4v) is 4.73. The molecule has 0 spiro atoms. The summed E-state index contributed by atoms with van der Waals surface area (Å²) in [5.41, 5.74) is 1.20. The van der Waals surface area contributed by atoms with Crippen molar-refractivity contribution in [3.05, 3.63) is 45.3 Å². The van der Waals surface area contributed by atoms with Gasteiger partial charge in [0.25, 0.3) is 5.91 Å². The Bertz CT molecular complexity index is 934. The van der Waals surface area contributed by atoms with Crippen molar-refractivity contribution in [2.24, 2.45) is 0 Å². The number of amides is 2. The van der Waals surface area contributed by atoms with E-state index in [1.807, 2.05) is 6.92 Å². The van der Waals surface area contributed by atoms with Crippen molar-refractivity contribution >= 4 is 49.6 Å². The number of sulfone groups is 1. The van der Waals surface area contributed by atoms with E-state index in [1.54, 1.807) is 6.92 Å². The fraction of sp³-hybridized carbons (Fsp3) is 0.294. The second-order valence-electron chi connectivity index (χ2n) is 5.64. The lowest BCUT2D eigenvalue weighted by Crippen LogP contribution is -2.22. The lowest BCUT2D eigenvalue weighted by molar-refractivity contribution is -0.115. The summed E-state index contributed by atoms with van der Waals surface area (Å²) in [7, 11) is -2.08. The van der Waals surface area contributed by atoms with Crippen LogP contribution in [-0.2, 0) is 14.6 Å². The maximum absolute atomic E-state index is 12.3. The Kier molecular flexibility index (Phi) is 6.44. The summed E-state index contributed by atoms with van der Waals surface area (Å²) in [6.07, 6.45) is -0.214. The van der Waals surface area contributed by atoms with E-state index in [1.165, 1.54) is 42.6 Å². The first-order valence-corrected chi connectivity index (χ1v) is 10.6. The molecule has 26 heavy (non-hydrogen) atoms. The highest BCUT2D eigenvalue weighted by molar-refractivity contribution is 7.91. The van der Waals surface area contributed by atoms with Crippen molar-refractivity contribution in [2.75, 3.05) is 18.1 Å². The van der Waals surface area contributed by atoms with Gasteiger partial charge in [0.15, 0.2) is 9.84 Å². The molecule has 2 rings (SSSR count). The minimum Gasteiger partial charge on any atom is -0.355 e. The number of hydrogen-bond acceptors (Lipinski definition) is 5. The molecule has 0 aliphatic carbocycles. The van der Waals surface area contributed by atoms with Gasteiger partial charge >= 0.3 is 0 Å². The van der Waals surface area contributed by atoms with Gasteiger partial charge in [-0.3, -0.25) is 9.59 Å². The molecule has 0 unspecified atom stereocenters. The van der Waals surface area contributed by atoms with Gasteiger partial charge in [-0.15, -0.1) is 11.3 Å². The van der Waals surface area contributed by atoms with Crippen LogP contribution in [0.25, 0.3) is 0 Å². The molecule has 2 amide bonds. The monoisotopic (exact) mass is 414 g/mol. The van der Waals surface area contributed by atoms with Gasteiger partial charge in [-0.05, 0) is 43.7 Å². The first-order chi connectivity index (χ1) is 12.2. The molecule has 0 saturated heterocycles. The van der Waals surface area contributed by atoms with Crippen LogP contribution in [0.1, 0.15) is 27.2 Å². The number of thiophene rings is 1. The summed E-state index contributed by atoms with van der Waals surface area (Å²) in [6.45, 7) is 3.66. The Labute approximate surface area is 161 Å². The van der Waals surface area contributed by atoms with Crippen molar-refractivity contribution in [3.63, 3.8) is 0 Å². The van der Waals surface area contributed by atoms with Crippen molar-refractivity contribution in [2.45, 2.75) is 25.2 Å². The second-order valence-corrected chi connectivity index (χ2v) is 9.41. The fourth-order valence-electron chi connectivity index (χ4n) is 2.29. The van der Waals surface area contributed by atoms with Crippen LogP contribution in [0.5, 0.6) is 0 Å². The third-order valence-corrected chi connectivity index (χ3v) is 6.97. The Morgan fingerprint density at radius 3 is 2.35 bits per heavy atom. The summed E-state index contributed by atoms with van der Waals surface area (Å²) in [5, 5.41) is 6.06. The summed E-state index contributed by atoms with van der Waals surface area (Å²) >= 11 is 7.04. The van der Waals surface area contributed by atoms with Crippen LogP contribution in [-0.4, -0.2) is 33.0 Å². The first kappa shape index (κ1) is 20.4. The second kappa shape index (κ2) is 8.20. The predicted octanol–water partition coefficient (Wildman–Crippen LogP) is 3.18. The van der Waals surface area contributed by atoms with Gasteiger partial charge in [0, 0.05) is 23.4 Å². The zero-order valence-electron chi connectivity index (χ0n) is 14.6. The zero-order chi connectivity index (χ0) is 19.5. The summed E-state index contributed by atoms with van der Waals surface area (Å²) in [5.74, 6) is -1.09. The largest absolute Gasteiger partial charge is 0.355 e. The number of nitrogens with one attached hydrogen (secondary N) is 2. The van der Waals surface area contributed by atoms with Crippen LogP contribution < -0.4 is 10.6 Å². The average molecular weight is 415 g/mol. The van der Waals surface area contributed by atoms with Gasteiger partial charge in [0.1, 0.15) is 5.00 Å². The number of benzene rings is 1. The molecule has 2 aromatic rings. The summed E-state index contributed by atoms with van der Waals surface area (Å²) in [4.78, 5) is 25.2. The van der Waals surface area contributed by atoms with Crippen LogP contribution in [0.2, 0.25) is 5.02 Å². The molecular formula is C17H19ClN2O4S2. The summed E-state index contributed by atoms with van der Waals surface area (Å²) < 4.78 is 24.6. The quantitative estimate of drug-likeness (QED) is 0.759. The molecule has 6 nitrogen and oxygen atoms in total. The maximum Gasteiger partial charge on any atom is 0.254 e. The Hall–Kier alpha value is -1.90. The van der Waals surface area contributed by atoms with E-state index < -0.39 is 15.7 Å². The number of carbonyl (C=O) groups excluding carboxylic acids is 2. The van der Waals surface area contributed by atoms with E-state index in [2.05, 4.69) is 10.6 Å². The van der Waals surface area contributed by atoms with Gasteiger partial charge in [0.2, 0.25) is 5.91 Å². The standard InChI is InChI=1S/C17H19ClN2O4S2/c1-10-11(2)25-17(15(10)16(22)19-3)20-14(21)8-9-26(23,24)13-6-4-12(18)5-7-13/h4-7H,8-9H2,1-3H3,(H,19,22)(H,20,21). The zero-order valence-corrected chi connectivity index (χ0v) is 16.9. The molecule has 140 valence electrons. The number of anilines is 1. The minimum absolute atomic E-state index is 0.114. The molecule has 0 aliphatic rings. The summed E-state index contributed by atoms with van der Waals surface area (Å²) in [6, 6.07) is 5.79. The highest BCUT2D eigenvalue weighted by Crippen LogP contribution is 2.32. The molecule has 1 aromatic carbocycles. The van der Waals surface area contributed by atoms with Gasteiger partial charge in [-0.1, -0.05) is 11.6 Å². The van der Waals surface area contributed by atoms with E-state index in [-0.39, 0.29) is 23.0 Å². The molecule has 1 aromatic heterocycles. The average Bonchev–Trinajstić information content (AvgIpc) is 2.87. The van der Waals surface area contributed by atoms with Gasteiger partial charge in [-0.25, -0.2) is 8.42 Å². The highest BCUT2D eigenvalue weighted by atomic mass is 35.5. The van der Waals surface area contributed by atoms with Crippen molar-refractivity contribution < 1.29 is 18.0 Å². The molecule has 0 fully saturated rings. The van der Waals surface area contributed by atoms with Crippen molar-refractivity contribution in [1.82, 2.24) is 5.32 Å². The van der Waals surface area contributed by atoms with E-state index in [4.69, 9.17) is 11.6 Å². The van der Waals surface area contributed by atoms with Crippen LogP contribution in [0.15, 0.2) is 29.2 Å². The SMILES string of the molecule is CNC(=O)c1c(NC(=O)CCS(=O)(=O)c2ccc(Cl)cc2)sc(C)c1C. The van der Waals surface area contributed by atoms with Gasteiger partial charge < -0.3 is 10.6 Å². The van der Waals surface area contributed by atoms with Crippen LogP contribution >= 0.6 is 22.9 Å². The van der Waals surface area contributed by atoms with E-state index >= 15 is 0 Å². The van der Waals surface area contributed by atoms with Crippen LogP contribution in [0, 0.1) is 13.8 Å². The lowest BCUT2D eigenvalue weighted by atomic mass is 10.1. The minimum atomic E-state index is -3.59. The molecule has 0 saturated carbocycles. The molecule has 0 aliphatic heterocycles. The predicted molar refractivity (Wildman–Crippen MR) is 104 cm³/mol. The Morgan fingerprint density at radius 2 is 1.77 bits per heavy atom. The Morgan fingerprint density at radius 1 is 1.15 bits per heavy atom. The molecule has 1 heterocycles. The topological polar surface area (TPSA) is 92.3 Å². The normalized spacial score (nSPS) is 11.2. The first-order valence-electron chi connectivity index (χ1n) is 7.76. The Balaban J connectivity index is 2.09. The molecule has 0 atom stereocenters. The molecule has 9 heteroatoms. The third-order valence-electron chi connectivity index (χ3n) is 3.86. The number of carbonyl (C=O) groups is 2. The number of rotatable bonds is 6. The molecule has 0 radical (unpaired) electrons. The van der Waals surface area contributed by atoms with Crippen molar-refractivity contribution in [3.8, 4) is 0 Å². The van der Waals surface area contributed by atoms with Crippen molar-refractivity contribution in [1.29, 1.82) is 0 Å². The van der Waals surface area contributed by atoms with E-state index in [0.717, 1.165) is 10.4 Å². The van der Waals surface area contributed by atoms with E-state index in [0.29, 0.717) is 15.6 Å². The third kappa shape index (κ3) is 4.63. The smallest absolute Gasteiger partial charge is 0.254 e. The lowest BCUT2D eigenvalue weighted by Gasteiger charge is -2.07. The molecular weight excluding hydrogens is 396 g/mol. The molecule has 2 N–H and O–H groups in total. The number of hydrogen-bond donors (Lipinski definition) is 2. The van der Waals surface area contributed by atoms with E-state index in [9.17, 15) is 18.0 Å². The van der Waals surface area contributed by atoms with Gasteiger partial charge in [-0.2, -0.15) is 0 Å². The maximum atomic E-state index is 12.3. The number of halogens is 1. The number of aryl methyl sites for hydroxylation is 1. The highest BCUT2D eigenvalue weighted by Gasteiger charge is 2.21. The van der Waals surface area contributed by atoms with Crippen LogP contribution in [0.4, 0.5) is 5.00 Å². The van der Waals surface area contributed by atoms with Crippen LogP contribution in [0.3, 0.4) is 0 Å².